The van der Waals surface area contributed by atoms with Gasteiger partial charge in [-0.3, -0.25) is 0 Å². The van der Waals surface area contributed by atoms with E-state index in [1.165, 1.54) is 5.56 Å². The molecule has 1 N–H and O–H groups in total. The van der Waals surface area contributed by atoms with Crippen LogP contribution in [0.25, 0.3) is 11.5 Å². The Balaban J connectivity index is 1.41. The van der Waals surface area contributed by atoms with Crippen LogP contribution in [0.15, 0.2) is 48.8 Å². The van der Waals surface area contributed by atoms with Gasteiger partial charge < -0.3 is 14.6 Å². The second-order valence-corrected chi connectivity index (χ2v) is 6.92. The normalized spacial score (nSPS) is 17.0. The number of imidazole rings is 1. The molecule has 6 heteroatoms. The largest absolute Gasteiger partial charge is 0.392 e. The Bertz CT molecular complexity index is 874. The molecule has 2 aromatic heterocycles. The molecule has 1 aromatic carbocycles. The van der Waals surface area contributed by atoms with Gasteiger partial charge in [-0.1, -0.05) is 24.3 Å². The van der Waals surface area contributed by atoms with Gasteiger partial charge in [0.15, 0.2) is 11.6 Å². The molecule has 1 aliphatic heterocycles. The van der Waals surface area contributed by atoms with Crippen LogP contribution in [0.1, 0.15) is 17.5 Å². The average Bonchev–Trinajstić information content (AvgIpc) is 3.31. The lowest BCUT2D eigenvalue weighted by Crippen LogP contribution is -2.21. The first-order chi connectivity index (χ1) is 12.7. The molecular weight excluding hydrogens is 326 g/mol. The molecule has 0 radical (unpaired) electrons. The third kappa shape index (κ3) is 3.46. The molecule has 1 saturated heterocycles. The predicted octanol–water partition coefficient (Wildman–Crippen LogP) is 2.44. The summed E-state index contributed by atoms with van der Waals surface area (Å²) in [5, 5.41) is 18.1. The SMILES string of the molecule is Cn1ccnc1-c1ccc(N2CC[C@@H](Cc3cccc(CO)c3)C2)nn1. The highest BCUT2D eigenvalue weighted by Gasteiger charge is 2.24. The van der Waals surface area contributed by atoms with E-state index in [9.17, 15) is 5.11 Å². The minimum atomic E-state index is 0.0998. The van der Waals surface area contributed by atoms with Crippen LogP contribution in [0.2, 0.25) is 0 Å². The second kappa shape index (κ2) is 7.25. The maximum atomic E-state index is 9.29. The molecule has 0 aliphatic carbocycles. The minimum Gasteiger partial charge on any atom is -0.392 e. The summed E-state index contributed by atoms with van der Waals surface area (Å²) in [4.78, 5) is 6.62. The summed E-state index contributed by atoms with van der Waals surface area (Å²) in [6, 6.07) is 12.3. The van der Waals surface area contributed by atoms with Crippen LogP contribution >= 0.6 is 0 Å². The predicted molar refractivity (Wildman–Crippen MR) is 101 cm³/mol. The second-order valence-electron chi connectivity index (χ2n) is 6.92. The van der Waals surface area contributed by atoms with Crippen LogP contribution in [0, 0.1) is 5.92 Å². The quantitative estimate of drug-likeness (QED) is 0.766. The van der Waals surface area contributed by atoms with Crippen LogP contribution in [0.5, 0.6) is 0 Å². The smallest absolute Gasteiger partial charge is 0.160 e. The molecule has 0 bridgehead atoms. The molecule has 0 unspecified atom stereocenters. The van der Waals surface area contributed by atoms with Gasteiger partial charge in [0.25, 0.3) is 0 Å². The molecule has 3 aromatic rings. The maximum absolute atomic E-state index is 9.29. The van der Waals surface area contributed by atoms with Gasteiger partial charge in [-0.15, -0.1) is 10.2 Å². The average molecular weight is 349 g/mol. The summed E-state index contributed by atoms with van der Waals surface area (Å²) in [5.41, 5.74) is 3.06. The zero-order valence-electron chi connectivity index (χ0n) is 14.9. The molecule has 0 amide bonds. The number of nitrogens with zero attached hydrogens (tertiary/aromatic N) is 5. The lowest BCUT2D eigenvalue weighted by atomic mass is 9.97. The van der Waals surface area contributed by atoms with Crippen molar-refractivity contribution in [3.05, 3.63) is 59.9 Å². The van der Waals surface area contributed by atoms with Gasteiger partial charge in [-0.05, 0) is 42.0 Å². The van der Waals surface area contributed by atoms with Crippen molar-refractivity contribution < 1.29 is 5.11 Å². The zero-order valence-corrected chi connectivity index (χ0v) is 14.9. The van der Waals surface area contributed by atoms with Crippen molar-refractivity contribution in [2.45, 2.75) is 19.4 Å². The van der Waals surface area contributed by atoms with Gasteiger partial charge in [0.2, 0.25) is 0 Å². The molecule has 1 atom stereocenters. The van der Waals surface area contributed by atoms with E-state index in [2.05, 4.69) is 32.2 Å². The summed E-state index contributed by atoms with van der Waals surface area (Å²) in [5.74, 6) is 2.35. The highest BCUT2D eigenvalue weighted by molar-refractivity contribution is 5.52. The monoisotopic (exact) mass is 349 g/mol. The lowest BCUT2D eigenvalue weighted by molar-refractivity contribution is 0.281. The van der Waals surface area contributed by atoms with Crippen molar-refractivity contribution in [1.29, 1.82) is 0 Å². The van der Waals surface area contributed by atoms with E-state index in [0.717, 1.165) is 48.8 Å². The van der Waals surface area contributed by atoms with Crippen molar-refractivity contribution in [2.75, 3.05) is 18.0 Å². The molecule has 6 nitrogen and oxygen atoms in total. The van der Waals surface area contributed by atoms with Crippen molar-refractivity contribution in [3.63, 3.8) is 0 Å². The van der Waals surface area contributed by atoms with Crippen molar-refractivity contribution in [3.8, 4) is 11.5 Å². The topological polar surface area (TPSA) is 67.1 Å². The van der Waals surface area contributed by atoms with Gasteiger partial charge in [-0.2, -0.15) is 0 Å². The Morgan fingerprint density at radius 3 is 2.77 bits per heavy atom. The number of aryl methyl sites for hydroxylation is 1. The third-order valence-corrected chi connectivity index (χ3v) is 5.01. The zero-order chi connectivity index (χ0) is 17.9. The number of hydrogen-bond acceptors (Lipinski definition) is 5. The van der Waals surface area contributed by atoms with E-state index in [0.29, 0.717) is 5.92 Å². The summed E-state index contributed by atoms with van der Waals surface area (Å²) < 4.78 is 1.94. The Hall–Kier alpha value is -2.73. The van der Waals surface area contributed by atoms with E-state index < -0.39 is 0 Å². The van der Waals surface area contributed by atoms with E-state index in [1.807, 2.05) is 42.1 Å². The molecule has 1 aliphatic rings. The fourth-order valence-electron chi connectivity index (χ4n) is 3.62. The van der Waals surface area contributed by atoms with Crippen LogP contribution in [0.4, 0.5) is 5.82 Å². The maximum Gasteiger partial charge on any atom is 0.160 e. The van der Waals surface area contributed by atoms with Gasteiger partial charge in [0.1, 0.15) is 5.69 Å². The van der Waals surface area contributed by atoms with E-state index in [4.69, 9.17) is 0 Å². The lowest BCUT2D eigenvalue weighted by Gasteiger charge is -2.17. The summed E-state index contributed by atoms with van der Waals surface area (Å²) in [6.45, 7) is 2.09. The highest BCUT2D eigenvalue weighted by Crippen LogP contribution is 2.25. The Kier molecular flexibility index (Phi) is 4.67. The first-order valence-corrected chi connectivity index (χ1v) is 8.98. The molecule has 0 spiro atoms. The van der Waals surface area contributed by atoms with E-state index >= 15 is 0 Å². The number of rotatable bonds is 5. The number of anilines is 1. The number of aromatic nitrogens is 4. The van der Waals surface area contributed by atoms with Crippen LogP contribution in [-0.4, -0.2) is 37.9 Å². The Morgan fingerprint density at radius 2 is 2.04 bits per heavy atom. The molecule has 3 heterocycles. The van der Waals surface area contributed by atoms with Crippen LogP contribution in [-0.2, 0) is 20.1 Å². The Morgan fingerprint density at radius 1 is 1.15 bits per heavy atom. The summed E-state index contributed by atoms with van der Waals surface area (Å²) in [6.07, 6.45) is 5.85. The van der Waals surface area contributed by atoms with Gasteiger partial charge in [-0.25, -0.2) is 4.98 Å². The van der Waals surface area contributed by atoms with Crippen molar-refractivity contribution in [2.24, 2.45) is 13.0 Å². The summed E-state index contributed by atoms with van der Waals surface area (Å²) in [7, 11) is 1.95. The van der Waals surface area contributed by atoms with Gasteiger partial charge >= 0.3 is 0 Å². The molecular formula is C20H23N5O. The minimum absolute atomic E-state index is 0.0998. The standard InChI is InChI=1S/C20H23N5O/c1-24-10-8-21-20(24)18-5-6-19(23-22-18)25-9-7-16(13-25)11-15-3-2-4-17(12-15)14-26/h2-6,8,10,12,16,26H,7,9,11,13-14H2,1H3/t16-/m0/s1. The van der Waals surface area contributed by atoms with Gasteiger partial charge in [0, 0.05) is 32.5 Å². The Labute approximate surface area is 153 Å². The number of benzene rings is 1. The first-order valence-electron chi connectivity index (χ1n) is 8.98. The number of hydrogen-bond donors (Lipinski definition) is 1. The van der Waals surface area contributed by atoms with Crippen molar-refractivity contribution in [1.82, 2.24) is 19.7 Å². The first kappa shape index (κ1) is 16.7. The fourth-order valence-corrected chi connectivity index (χ4v) is 3.62. The van der Waals surface area contributed by atoms with E-state index in [1.54, 1.807) is 6.20 Å². The van der Waals surface area contributed by atoms with Crippen molar-refractivity contribution >= 4 is 5.82 Å². The fraction of sp³-hybridized carbons (Fsp3) is 0.350. The molecule has 26 heavy (non-hydrogen) atoms. The highest BCUT2D eigenvalue weighted by atomic mass is 16.3. The van der Waals surface area contributed by atoms with Crippen LogP contribution < -0.4 is 4.90 Å². The van der Waals surface area contributed by atoms with E-state index in [-0.39, 0.29) is 6.61 Å². The van der Waals surface area contributed by atoms with Crippen LogP contribution in [0.3, 0.4) is 0 Å². The molecule has 4 rings (SSSR count). The third-order valence-electron chi connectivity index (χ3n) is 5.01. The summed E-state index contributed by atoms with van der Waals surface area (Å²) >= 11 is 0. The molecule has 0 saturated carbocycles. The number of aliphatic hydroxyl groups is 1. The number of aliphatic hydroxyl groups excluding tert-OH is 1. The molecule has 134 valence electrons. The molecule has 1 fully saturated rings. The van der Waals surface area contributed by atoms with Gasteiger partial charge in [0.05, 0.1) is 6.61 Å².